The normalized spacial score (nSPS) is 24.4. The summed E-state index contributed by atoms with van der Waals surface area (Å²) in [7, 11) is 3.13. The fourth-order valence-electron chi connectivity index (χ4n) is 3.66. The maximum Gasteiger partial charge on any atom is 0.316 e. The van der Waals surface area contributed by atoms with E-state index in [1.165, 1.54) is 7.11 Å². The van der Waals surface area contributed by atoms with Gasteiger partial charge >= 0.3 is 5.97 Å². The number of rotatable bonds is 3. The van der Waals surface area contributed by atoms with Crippen LogP contribution in [0.5, 0.6) is 5.75 Å². The third kappa shape index (κ3) is 2.00. The summed E-state index contributed by atoms with van der Waals surface area (Å²) in [5.41, 5.74) is 1.35. The second-order valence-electron chi connectivity index (χ2n) is 6.34. The van der Waals surface area contributed by atoms with Crippen molar-refractivity contribution in [3.05, 3.63) is 29.3 Å². The predicted octanol–water partition coefficient (Wildman–Crippen LogP) is 3.62. The minimum absolute atomic E-state index is 0.138. The average molecular weight is 276 g/mol. The molecule has 0 aromatic heterocycles. The van der Waals surface area contributed by atoms with Crippen molar-refractivity contribution in [3.63, 3.8) is 0 Å². The Labute approximate surface area is 121 Å². The van der Waals surface area contributed by atoms with E-state index in [9.17, 15) is 4.79 Å². The molecule has 0 aliphatic heterocycles. The molecule has 3 heteroatoms. The summed E-state index contributed by atoms with van der Waals surface area (Å²) in [5, 5.41) is 0. The Bertz CT molecular complexity index is 519. The SMILES string of the molecule is COC(=O)C1(c2cc(C)ccc2OC)CCCC1(C)C. The number of methoxy groups -OCH3 is 2. The lowest BCUT2D eigenvalue weighted by Gasteiger charge is -2.40. The second kappa shape index (κ2) is 5.12. The molecule has 1 unspecified atom stereocenters. The first-order valence-corrected chi connectivity index (χ1v) is 7.12. The first-order valence-electron chi connectivity index (χ1n) is 7.12. The predicted molar refractivity (Wildman–Crippen MR) is 79.1 cm³/mol. The molecule has 110 valence electrons. The van der Waals surface area contributed by atoms with E-state index >= 15 is 0 Å². The summed E-state index contributed by atoms with van der Waals surface area (Å²) in [4.78, 5) is 12.7. The zero-order chi connectivity index (χ0) is 15.0. The number of esters is 1. The highest BCUT2D eigenvalue weighted by Crippen LogP contribution is 2.56. The molecule has 1 aromatic rings. The van der Waals surface area contributed by atoms with E-state index in [-0.39, 0.29) is 11.4 Å². The lowest BCUT2D eigenvalue weighted by atomic mass is 9.63. The highest BCUT2D eigenvalue weighted by molar-refractivity contribution is 5.86. The van der Waals surface area contributed by atoms with Crippen LogP contribution < -0.4 is 4.74 Å². The number of aryl methyl sites for hydroxylation is 1. The fourth-order valence-corrected chi connectivity index (χ4v) is 3.66. The lowest BCUT2D eigenvalue weighted by molar-refractivity contribution is -0.151. The van der Waals surface area contributed by atoms with Gasteiger partial charge in [0.05, 0.1) is 14.2 Å². The van der Waals surface area contributed by atoms with E-state index in [1.807, 2.05) is 19.1 Å². The molecule has 1 aliphatic rings. The maximum atomic E-state index is 12.7. The molecule has 0 N–H and O–H groups in total. The summed E-state index contributed by atoms with van der Waals surface area (Å²) in [6.45, 7) is 6.34. The van der Waals surface area contributed by atoms with E-state index in [0.29, 0.717) is 0 Å². The highest BCUT2D eigenvalue weighted by atomic mass is 16.5. The highest BCUT2D eigenvalue weighted by Gasteiger charge is 2.57. The molecule has 0 spiro atoms. The number of carbonyl (C=O) groups excluding carboxylic acids is 1. The molecule has 0 radical (unpaired) electrons. The van der Waals surface area contributed by atoms with Crippen molar-refractivity contribution in [3.8, 4) is 5.75 Å². The van der Waals surface area contributed by atoms with Gasteiger partial charge in [-0.25, -0.2) is 0 Å². The Hall–Kier alpha value is -1.51. The summed E-state index contributed by atoms with van der Waals surface area (Å²) < 4.78 is 10.7. The number of benzene rings is 1. The number of carbonyl (C=O) groups is 1. The van der Waals surface area contributed by atoms with Crippen molar-refractivity contribution < 1.29 is 14.3 Å². The van der Waals surface area contributed by atoms with Crippen molar-refractivity contribution in [2.45, 2.75) is 45.4 Å². The van der Waals surface area contributed by atoms with Crippen LogP contribution in [0, 0.1) is 12.3 Å². The fraction of sp³-hybridized carbons (Fsp3) is 0.588. The molecule has 2 rings (SSSR count). The van der Waals surface area contributed by atoms with Crippen LogP contribution in [0.2, 0.25) is 0 Å². The summed E-state index contributed by atoms with van der Waals surface area (Å²) in [6.07, 6.45) is 2.85. The van der Waals surface area contributed by atoms with Gasteiger partial charge in [-0.1, -0.05) is 38.0 Å². The molecular formula is C17H24O3. The topological polar surface area (TPSA) is 35.5 Å². The Morgan fingerprint density at radius 3 is 2.40 bits per heavy atom. The van der Waals surface area contributed by atoms with Crippen molar-refractivity contribution in [1.29, 1.82) is 0 Å². The Balaban J connectivity index is 2.71. The zero-order valence-corrected chi connectivity index (χ0v) is 13.1. The van der Waals surface area contributed by atoms with Crippen LogP contribution in [0.4, 0.5) is 0 Å². The van der Waals surface area contributed by atoms with Gasteiger partial charge in [0.15, 0.2) is 0 Å². The molecule has 0 heterocycles. The zero-order valence-electron chi connectivity index (χ0n) is 13.1. The smallest absolute Gasteiger partial charge is 0.316 e. The van der Waals surface area contributed by atoms with E-state index in [1.54, 1.807) is 7.11 Å². The van der Waals surface area contributed by atoms with Crippen molar-refractivity contribution in [1.82, 2.24) is 0 Å². The molecule has 1 aromatic carbocycles. The second-order valence-corrected chi connectivity index (χ2v) is 6.34. The molecule has 0 saturated heterocycles. The van der Waals surface area contributed by atoms with Gasteiger partial charge in [-0.2, -0.15) is 0 Å². The molecule has 1 saturated carbocycles. The molecule has 0 amide bonds. The summed E-state index contributed by atoms with van der Waals surface area (Å²) in [6, 6.07) is 6.03. The van der Waals surface area contributed by atoms with Crippen LogP contribution >= 0.6 is 0 Å². The van der Waals surface area contributed by atoms with E-state index in [0.717, 1.165) is 36.1 Å². The van der Waals surface area contributed by atoms with Crippen LogP contribution in [0.1, 0.15) is 44.2 Å². The quantitative estimate of drug-likeness (QED) is 0.791. The van der Waals surface area contributed by atoms with Crippen LogP contribution in [-0.4, -0.2) is 20.2 Å². The van der Waals surface area contributed by atoms with Gasteiger partial charge in [-0.15, -0.1) is 0 Å². The van der Waals surface area contributed by atoms with E-state index in [2.05, 4.69) is 19.9 Å². The van der Waals surface area contributed by atoms with Crippen molar-refractivity contribution in [2.24, 2.45) is 5.41 Å². The lowest BCUT2D eigenvalue weighted by Crippen LogP contribution is -2.45. The molecular weight excluding hydrogens is 252 g/mol. The Morgan fingerprint density at radius 1 is 1.20 bits per heavy atom. The largest absolute Gasteiger partial charge is 0.496 e. The van der Waals surface area contributed by atoms with Crippen LogP contribution in [-0.2, 0) is 14.9 Å². The molecule has 1 aliphatic carbocycles. The van der Waals surface area contributed by atoms with Crippen molar-refractivity contribution in [2.75, 3.05) is 14.2 Å². The standard InChI is InChI=1S/C17H24O3/c1-12-7-8-14(19-4)13(11-12)17(15(18)20-5)10-6-9-16(17,2)3/h7-8,11H,6,9-10H2,1-5H3. The molecule has 1 fully saturated rings. The number of ether oxygens (including phenoxy) is 2. The first kappa shape index (κ1) is 14.9. The third-order valence-corrected chi connectivity index (χ3v) is 4.86. The minimum atomic E-state index is -0.612. The molecule has 1 atom stereocenters. The van der Waals surface area contributed by atoms with Gasteiger partial charge in [0, 0.05) is 5.56 Å². The Morgan fingerprint density at radius 2 is 1.90 bits per heavy atom. The third-order valence-electron chi connectivity index (χ3n) is 4.86. The molecule has 3 nitrogen and oxygen atoms in total. The molecule has 20 heavy (non-hydrogen) atoms. The van der Waals surface area contributed by atoms with Gasteiger partial charge < -0.3 is 9.47 Å². The van der Waals surface area contributed by atoms with E-state index in [4.69, 9.17) is 9.47 Å². The summed E-state index contributed by atoms with van der Waals surface area (Å²) >= 11 is 0. The monoisotopic (exact) mass is 276 g/mol. The minimum Gasteiger partial charge on any atom is -0.496 e. The van der Waals surface area contributed by atoms with Crippen LogP contribution in [0.3, 0.4) is 0 Å². The number of hydrogen-bond donors (Lipinski definition) is 0. The first-order chi connectivity index (χ1) is 9.39. The molecule has 0 bridgehead atoms. The Kier molecular flexibility index (Phi) is 3.81. The van der Waals surface area contributed by atoms with Gasteiger partial charge in [0.1, 0.15) is 11.2 Å². The van der Waals surface area contributed by atoms with Gasteiger partial charge in [0.25, 0.3) is 0 Å². The maximum absolute atomic E-state index is 12.7. The van der Waals surface area contributed by atoms with Crippen LogP contribution in [0.15, 0.2) is 18.2 Å². The summed E-state index contributed by atoms with van der Waals surface area (Å²) in [5.74, 6) is 0.625. The van der Waals surface area contributed by atoms with Gasteiger partial charge in [-0.3, -0.25) is 4.79 Å². The average Bonchev–Trinajstić information content (AvgIpc) is 2.74. The number of hydrogen-bond acceptors (Lipinski definition) is 3. The van der Waals surface area contributed by atoms with Gasteiger partial charge in [0.2, 0.25) is 0 Å². The van der Waals surface area contributed by atoms with E-state index < -0.39 is 5.41 Å². The van der Waals surface area contributed by atoms with Crippen molar-refractivity contribution >= 4 is 5.97 Å². The van der Waals surface area contributed by atoms with Gasteiger partial charge in [-0.05, 0) is 31.2 Å². The van der Waals surface area contributed by atoms with Crippen LogP contribution in [0.25, 0.3) is 0 Å².